The topological polar surface area (TPSA) is 41.1 Å². The maximum absolute atomic E-state index is 12.0. The molecule has 0 fully saturated rings. The molecule has 2 N–H and O–H groups in total. The molecule has 1 aliphatic rings. The number of hydrogen-bond donors (Lipinski definition) is 2. The average Bonchev–Trinajstić information content (AvgIpc) is 2.84. The summed E-state index contributed by atoms with van der Waals surface area (Å²) in [7, 11) is 1.90. The van der Waals surface area contributed by atoms with Crippen LogP contribution in [0, 0.1) is 5.92 Å². The zero-order valence-electron chi connectivity index (χ0n) is 10.8. The summed E-state index contributed by atoms with van der Waals surface area (Å²) in [4.78, 5) is 12.0. The van der Waals surface area contributed by atoms with Crippen LogP contribution in [0.1, 0.15) is 24.8 Å². The molecule has 0 radical (unpaired) electrons. The molecular weight excluding hydrogens is 224 g/mol. The van der Waals surface area contributed by atoms with Gasteiger partial charge < -0.3 is 10.6 Å². The molecule has 1 aliphatic carbocycles. The van der Waals surface area contributed by atoms with E-state index in [9.17, 15) is 4.79 Å². The molecule has 0 heterocycles. The number of anilines is 1. The second-order valence-corrected chi connectivity index (χ2v) is 4.71. The fourth-order valence-electron chi connectivity index (χ4n) is 2.29. The van der Waals surface area contributed by atoms with Crippen LogP contribution in [-0.4, -0.2) is 13.0 Å². The lowest BCUT2D eigenvalue weighted by molar-refractivity contribution is -0.116. The zero-order chi connectivity index (χ0) is 12.8. The summed E-state index contributed by atoms with van der Waals surface area (Å²) >= 11 is 0. The maximum Gasteiger partial charge on any atom is 0.224 e. The fourth-order valence-corrected chi connectivity index (χ4v) is 2.29. The van der Waals surface area contributed by atoms with Crippen LogP contribution in [0.15, 0.2) is 36.4 Å². The van der Waals surface area contributed by atoms with Crippen LogP contribution in [0.2, 0.25) is 0 Å². The molecule has 1 unspecified atom stereocenters. The highest BCUT2D eigenvalue weighted by atomic mass is 16.1. The minimum absolute atomic E-state index is 0.107. The van der Waals surface area contributed by atoms with E-state index in [1.54, 1.807) is 0 Å². The highest BCUT2D eigenvalue weighted by Crippen LogP contribution is 2.22. The van der Waals surface area contributed by atoms with Crippen LogP contribution in [-0.2, 0) is 11.3 Å². The van der Waals surface area contributed by atoms with E-state index in [2.05, 4.69) is 22.8 Å². The predicted molar refractivity (Wildman–Crippen MR) is 74.3 cm³/mol. The van der Waals surface area contributed by atoms with E-state index >= 15 is 0 Å². The Kier molecular flexibility index (Phi) is 4.53. The first-order valence-electron chi connectivity index (χ1n) is 6.48. The first kappa shape index (κ1) is 12.8. The Morgan fingerprint density at radius 2 is 2.22 bits per heavy atom. The van der Waals surface area contributed by atoms with Crippen LogP contribution in [0.5, 0.6) is 0 Å². The number of rotatable bonds is 5. The van der Waals surface area contributed by atoms with Crippen molar-refractivity contribution >= 4 is 11.6 Å². The van der Waals surface area contributed by atoms with E-state index in [0.29, 0.717) is 12.3 Å². The van der Waals surface area contributed by atoms with Crippen LogP contribution in [0.3, 0.4) is 0 Å². The molecule has 96 valence electrons. The van der Waals surface area contributed by atoms with E-state index in [0.717, 1.165) is 30.6 Å². The summed E-state index contributed by atoms with van der Waals surface area (Å²) in [6.07, 6.45) is 7.11. The number of nitrogens with one attached hydrogen (secondary N) is 2. The van der Waals surface area contributed by atoms with Gasteiger partial charge in [-0.15, -0.1) is 0 Å². The number of amides is 1. The van der Waals surface area contributed by atoms with Crippen molar-refractivity contribution in [1.82, 2.24) is 5.32 Å². The maximum atomic E-state index is 12.0. The van der Waals surface area contributed by atoms with Gasteiger partial charge in [0.25, 0.3) is 0 Å². The third-order valence-electron chi connectivity index (χ3n) is 3.22. The molecule has 3 heteroatoms. The van der Waals surface area contributed by atoms with Crippen molar-refractivity contribution in [3.05, 3.63) is 42.0 Å². The normalized spacial score (nSPS) is 17.9. The van der Waals surface area contributed by atoms with E-state index < -0.39 is 0 Å². The van der Waals surface area contributed by atoms with Crippen molar-refractivity contribution < 1.29 is 4.79 Å². The number of allylic oxidation sites excluding steroid dienone is 2. The molecule has 0 spiro atoms. The molecule has 1 atom stereocenters. The van der Waals surface area contributed by atoms with Crippen molar-refractivity contribution in [2.45, 2.75) is 25.8 Å². The zero-order valence-corrected chi connectivity index (χ0v) is 10.8. The van der Waals surface area contributed by atoms with Crippen LogP contribution in [0.25, 0.3) is 0 Å². The molecule has 1 aromatic carbocycles. The standard InChI is InChI=1S/C15H20N2O/c1-16-11-13-8-4-5-9-14(13)17-15(18)10-12-6-2-3-7-12/h2,4-6,8-9,12,16H,3,7,10-11H2,1H3,(H,17,18). The summed E-state index contributed by atoms with van der Waals surface area (Å²) in [5.74, 6) is 0.525. The minimum atomic E-state index is 0.107. The highest BCUT2D eigenvalue weighted by molar-refractivity contribution is 5.91. The van der Waals surface area contributed by atoms with Crippen molar-refractivity contribution in [3.8, 4) is 0 Å². The van der Waals surface area contributed by atoms with E-state index in [4.69, 9.17) is 0 Å². The van der Waals surface area contributed by atoms with Crippen molar-refractivity contribution in [3.63, 3.8) is 0 Å². The van der Waals surface area contributed by atoms with Crippen molar-refractivity contribution in [2.24, 2.45) is 5.92 Å². The Morgan fingerprint density at radius 3 is 2.94 bits per heavy atom. The molecule has 2 rings (SSSR count). The van der Waals surface area contributed by atoms with Gasteiger partial charge in [0.15, 0.2) is 0 Å². The number of carbonyl (C=O) groups excluding carboxylic acids is 1. The van der Waals surface area contributed by atoms with E-state index in [1.807, 2.05) is 31.3 Å². The molecular formula is C15H20N2O. The van der Waals surface area contributed by atoms with Crippen LogP contribution < -0.4 is 10.6 Å². The summed E-state index contributed by atoms with van der Waals surface area (Å²) < 4.78 is 0. The molecule has 0 aromatic heterocycles. The van der Waals surface area contributed by atoms with Gasteiger partial charge in [0, 0.05) is 18.7 Å². The minimum Gasteiger partial charge on any atom is -0.326 e. The van der Waals surface area contributed by atoms with Gasteiger partial charge in [0.2, 0.25) is 5.91 Å². The lowest BCUT2D eigenvalue weighted by Gasteiger charge is -2.12. The molecule has 3 nitrogen and oxygen atoms in total. The smallest absolute Gasteiger partial charge is 0.224 e. The molecule has 0 saturated heterocycles. The molecule has 18 heavy (non-hydrogen) atoms. The fraction of sp³-hybridized carbons (Fsp3) is 0.400. The summed E-state index contributed by atoms with van der Waals surface area (Å²) in [6.45, 7) is 0.764. The number of hydrogen-bond acceptors (Lipinski definition) is 2. The Balaban J connectivity index is 1.95. The second kappa shape index (κ2) is 6.36. The predicted octanol–water partition coefficient (Wildman–Crippen LogP) is 2.70. The lowest BCUT2D eigenvalue weighted by atomic mass is 10.0. The van der Waals surface area contributed by atoms with Gasteiger partial charge in [0.05, 0.1) is 0 Å². The quantitative estimate of drug-likeness (QED) is 0.782. The number of carbonyl (C=O) groups is 1. The van der Waals surface area contributed by atoms with Gasteiger partial charge in [-0.1, -0.05) is 30.4 Å². The molecule has 1 aromatic rings. The third kappa shape index (κ3) is 3.44. The van der Waals surface area contributed by atoms with Crippen molar-refractivity contribution in [1.29, 1.82) is 0 Å². The van der Waals surface area contributed by atoms with Gasteiger partial charge in [-0.05, 0) is 37.4 Å². The Hall–Kier alpha value is -1.61. The van der Waals surface area contributed by atoms with Crippen LogP contribution >= 0.6 is 0 Å². The number of benzene rings is 1. The lowest BCUT2D eigenvalue weighted by Crippen LogP contribution is -2.17. The van der Waals surface area contributed by atoms with Gasteiger partial charge in [-0.3, -0.25) is 4.79 Å². The number of para-hydroxylation sites is 1. The Labute approximate surface area is 108 Å². The Morgan fingerprint density at radius 1 is 1.39 bits per heavy atom. The largest absolute Gasteiger partial charge is 0.326 e. The summed E-state index contributed by atoms with van der Waals surface area (Å²) in [5.41, 5.74) is 2.04. The van der Waals surface area contributed by atoms with Crippen molar-refractivity contribution in [2.75, 3.05) is 12.4 Å². The highest BCUT2D eigenvalue weighted by Gasteiger charge is 2.14. The third-order valence-corrected chi connectivity index (χ3v) is 3.22. The molecule has 0 bridgehead atoms. The SMILES string of the molecule is CNCc1ccccc1NC(=O)CC1C=CCC1. The van der Waals surface area contributed by atoms with Crippen LogP contribution in [0.4, 0.5) is 5.69 Å². The van der Waals surface area contributed by atoms with E-state index in [1.165, 1.54) is 0 Å². The molecule has 0 aliphatic heterocycles. The summed E-state index contributed by atoms with van der Waals surface area (Å²) in [6, 6.07) is 7.92. The first-order valence-corrected chi connectivity index (χ1v) is 6.48. The average molecular weight is 244 g/mol. The summed E-state index contributed by atoms with van der Waals surface area (Å²) in [5, 5.41) is 6.12. The van der Waals surface area contributed by atoms with Gasteiger partial charge >= 0.3 is 0 Å². The Bertz CT molecular complexity index is 440. The van der Waals surface area contributed by atoms with E-state index in [-0.39, 0.29) is 5.91 Å². The second-order valence-electron chi connectivity index (χ2n) is 4.71. The first-order chi connectivity index (χ1) is 8.79. The van der Waals surface area contributed by atoms with Gasteiger partial charge in [0.1, 0.15) is 0 Å². The molecule has 0 saturated carbocycles. The van der Waals surface area contributed by atoms with Gasteiger partial charge in [-0.2, -0.15) is 0 Å². The van der Waals surface area contributed by atoms with Gasteiger partial charge in [-0.25, -0.2) is 0 Å². The molecule has 1 amide bonds. The monoisotopic (exact) mass is 244 g/mol.